The number of piperidine rings is 1. The molecule has 2 heterocycles. The van der Waals surface area contributed by atoms with Gasteiger partial charge in [0.2, 0.25) is 0 Å². The molecule has 0 N–H and O–H groups in total. The maximum atomic E-state index is 4.70. The quantitative estimate of drug-likeness (QED) is 0.803. The van der Waals surface area contributed by atoms with Gasteiger partial charge in [0, 0.05) is 31.3 Å². The fraction of sp³-hybridized carbons (Fsp3) is 0.714. The fourth-order valence-electron chi connectivity index (χ4n) is 2.51. The molecule has 0 aromatic carbocycles. The van der Waals surface area contributed by atoms with Gasteiger partial charge >= 0.3 is 0 Å². The number of anilines is 1. The first-order valence-electron chi connectivity index (χ1n) is 6.78. The number of aryl methyl sites for hydroxylation is 2. The Hall–Kier alpha value is -1.12. The molecular weight excluding hydrogens is 210 g/mol. The van der Waals surface area contributed by atoms with Gasteiger partial charge in [0.05, 0.1) is 0 Å². The lowest BCUT2D eigenvalue weighted by Gasteiger charge is -2.32. The van der Waals surface area contributed by atoms with Crippen LogP contribution in [0.15, 0.2) is 6.07 Å². The molecule has 0 amide bonds. The van der Waals surface area contributed by atoms with Crippen LogP contribution in [0.3, 0.4) is 0 Å². The summed E-state index contributed by atoms with van der Waals surface area (Å²) in [7, 11) is 0. The third kappa shape index (κ3) is 3.18. The van der Waals surface area contributed by atoms with Crippen LogP contribution < -0.4 is 4.90 Å². The normalized spacial score (nSPS) is 20.6. The Labute approximate surface area is 104 Å². The van der Waals surface area contributed by atoms with Crippen LogP contribution in [-0.2, 0) is 6.42 Å². The van der Waals surface area contributed by atoms with E-state index in [1.807, 2.05) is 0 Å². The molecule has 1 saturated heterocycles. The molecule has 94 valence electrons. The van der Waals surface area contributed by atoms with Gasteiger partial charge in [-0.2, -0.15) is 0 Å². The summed E-state index contributed by atoms with van der Waals surface area (Å²) in [4.78, 5) is 11.6. The van der Waals surface area contributed by atoms with Crippen molar-refractivity contribution in [2.24, 2.45) is 5.92 Å². The second-order valence-electron chi connectivity index (χ2n) is 5.23. The van der Waals surface area contributed by atoms with Crippen LogP contribution in [0.4, 0.5) is 5.82 Å². The minimum atomic E-state index is 0.786. The molecule has 1 fully saturated rings. The van der Waals surface area contributed by atoms with Gasteiger partial charge in [-0.05, 0) is 32.1 Å². The number of hydrogen-bond donors (Lipinski definition) is 0. The number of nitrogens with zero attached hydrogens (tertiary/aromatic N) is 3. The van der Waals surface area contributed by atoms with E-state index in [-0.39, 0.29) is 0 Å². The lowest BCUT2D eigenvalue weighted by molar-refractivity contribution is 0.444. The lowest BCUT2D eigenvalue weighted by Crippen LogP contribution is -2.35. The van der Waals surface area contributed by atoms with E-state index in [0.717, 1.165) is 49.2 Å². The second kappa shape index (κ2) is 5.48. The van der Waals surface area contributed by atoms with Crippen molar-refractivity contribution in [2.45, 2.75) is 46.5 Å². The van der Waals surface area contributed by atoms with Gasteiger partial charge in [-0.1, -0.05) is 13.8 Å². The first kappa shape index (κ1) is 12.3. The highest BCUT2D eigenvalue weighted by atomic mass is 15.2. The Bertz CT molecular complexity index is 376. The highest BCUT2D eigenvalue weighted by molar-refractivity contribution is 5.40. The zero-order chi connectivity index (χ0) is 12.3. The molecule has 17 heavy (non-hydrogen) atoms. The van der Waals surface area contributed by atoms with Crippen molar-refractivity contribution in [2.75, 3.05) is 18.0 Å². The summed E-state index contributed by atoms with van der Waals surface area (Å²) in [5.41, 5.74) is 1.09. The number of aromatic nitrogens is 2. The topological polar surface area (TPSA) is 29.0 Å². The Balaban J connectivity index is 2.18. The Morgan fingerprint density at radius 1 is 1.41 bits per heavy atom. The molecule has 0 aliphatic carbocycles. The summed E-state index contributed by atoms with van der Waals surface area (Å²) in [5, 5.41) is 0. The van der Waals surface area contributed by atoms with Gasteiger partial charge in [0.25, 0.3) is 0 Å². The van der Waals surface area contributed by atoms with Crippen LogP contribution in [0.25, 0.3) is 0 Å². The summed E-state index contributed by atoms with van der Waals surface area (Å²) < 4.78 is 0. The van der Waals surface area contributed by atoms with Crippen LogP contribution >= 0.6 is 0 Å². The SMILES string of the molecule is CCCc1nc(C)cc(N2CCCC(C)C2)n1. The third-order valence-electron chi connectivity index (χ3n) is 3.34. The summed E-state index contributed by atoms with van der Waals surface area (Å²) in [6, 6.07) is 2.12. The van der Waals surface area contributed by atoms with Gasteiger partial charge in [-0.15, -0.1) is 0 Å². The zero-order valence-corrected chi connectivity index (χ0v) is 11.2. The van der Waals surface area contributed by atoms with Crippen molar-refractivity contribution in [3.63, 3.8) is 0 Å². The molecular formula is C14H23N3. The van der Waals surface area contributed by atoms with E-state index in [1.54, 1.807) is 0 Å². The second-order valence-corrected chi connectivity index (χ2v) is 5.23. The number of rotatable bonds is 3. The van der Waals surface area contributed by atoms with Crippen molar-refractivity contribution >= 4 is 5.82 Å². The standard InChI is InChI=1S/C14H23N3/c1-4-6-13-15-12(3)9-14(16-13)17-8-5-7-11(2)10-17/h9,11H,4-8,10H2,1-3H3. The van der Waals surface area contributed by atoms with Crippen LogP contribution in [-0.4, -0.2) is 23.1 Å². The Kier molecular flexibility index (Phi) is 3.97. The lowest BCUT2D eigenvalue weighted by atomic mass is 10.0. The van der Waals surface area contributed by atoms with Crippen molar-refractivity contribution in [3.8, 4) is 0 Å². The van der Waals surface area contributed by atoms with Gasteiger partial charge < -0.3 is 4.90 Å². The molecule has 2 rings (SSSR count). The van der Waals surface area contributed by atoms with Crippen LogP contribution in [0.2, 0.25) is 0 Å². The molecule has 1 aliphatic rings. The average molecular weight is 233 g/mol. The molecule has 3 heteroatoms. The zero-order valence-electron chi connectivity index (χ0n) is 11.2. The number of hydrogen-bond acceptors (Lipinski definition) is 3. The van der Waals surface area contributed by atoms with E-state index < -0.39 is 0 Å². The third-order valence-corrected chi connectivity index (χ3v) is 3.34. The van der Waals surface area contributed by atoms with E-state index in [4.69, 9.17) is 4.98 Å². The maximum absolute atomic E-state index is 4.70. The fourth-order valence-corrected chi connectivity index (χ4v) is 2.51. The molecule has 1 aromatic heterocycles. The summed E-state index contributed by atoms with van der Waals surface area (Å²) in [5.74, 6) is 2.92. The smallest absolute Gasteiger partial charge is 0.132 e. The van der Waals surface area contributed by atoms with Gasteiger partial charge in [-0.3, -0.25) is 0 Å². The minimum Gasteiger partial charge on any atom is -0.356 e. The van der Waals surface area contributed by atoms with Crippen LogP contribution in [0.1, 0.15) is 44.6 Å². The van der Waals surface area contributed by atoms with Crippen molar-refractivity contribution < 1.29 is 0 Å². The summed E-state index contributed by atoms with van der Waals surface area (Å²) in [6.07, 6.45) is 4.73. The monoisotopic (exact) mass is 233 g/mol. The maximum Gasteiger partial charge on any atom is 0.132 e. The Morgan fingerprint density at radius 3 is 2.94 bits per heavy atom. The molecule has 0 saturated carbocycles. The van der Waals surface area contributed by atoms with Crippen molar-refractivity contribution in [1.29, 1.82) is 0 Å². The molecule has 0 bridgehead atoms. The van der Waals surface area contributed by atoms with E-state index in [1.165, 1.54) is 12.8 Å². The molecule has 0 spiro atoms. The van der Waals surface area contributed by atoms with Crippen molar-refractivity contribution in [1.82, 2.24) is 9.97 Å². The van der Waals surface area contributed by atoms with Gasteiger partial charge in [-0.25, -0.2) is 9.97 Å². The van der Waals surface area contributed by atoms with E-state index in [9.17, 15) is 0 Å². The molecule has 1 aromatic rings. The molecule has 1 unspecified atom stereocenters. The van der Waals surface area contributed by atoms with Crippen LogP contribution in [0.5, 0.6) is 0 Å². The molecule has 1 aliphatic heterocycles. The predicted octanol–water partition coefficient (Wildman–Crippen LogP) is 2.97. The molecule has 0 radical (unpaired) electrons. The Morgan fingerprint density at radius 2 is 2.24 bits per heavy atom. The van der Waals surface area contributed by atoms with Crippen LogP contribution in [0, 0.1) is 12.8 Å². The van der Waals surface area contributed by atoms with Crippen molar-refractivity contribution in [3.05, 3.63) is 17.6 Å². The highest BCUT2D eigenvalue weighted by Gasteiger charge is 2.18. The first-order valence-corrected chi connectivity index (χ1v) is 6.78. The largest absolute Gasteiger partial charge is 0.356 e. The van der Waals surface area contributed by atoms with Gasteiger partial charge in [0.1, 0.15) is 11.6 Å². The predicted molar refractivity (Wildman–Crippen MR) is 71.4 cm³/mol. The highest BCUT2D eigenvalue weighted by Crippen LogP contribution is 2.21. The summed E-state index contributed by atoms with van der Waals surface area (Å²) >= 11 is 0. The van der Waals surface area contributed by atoms with E-state index >= 15 is 0 Å². The molecule has 3 nitrogen and oxygen atoms in total. The van der Waals surface area contributed by atoms with Gasteiger partial charge in [0.15, 0.2) is 0 Å². The van der Waals surface area contributed by atoms with E-state index in [2.05, 4.69) is 36.7 Å². The van der Waals surface area contributed by atoms with E-state index in [0.29, 0.717) is 0 Å². The minimum absolute atomic E-state index is 0.786. The molecule has 1 atom stereocenters. The first-order chi connectivity index (χ1) is 8.19. The average Bonchev–Trinajstić information content (AvgIpc) is 2.28. The summed E-state index contributed by atoms with van der Waals surface area (Å²) in [6.45, 7) is 8.85.